The average Bonchev–Trinajstić information content (AvgIpc) is 2.55. The van der Waals surface area contributed by atoms with Crippen LogP contribution < -0.4 is 4.74 Å². The van der Waals surface area contributed by atoms with E-state index >= 15 is 0 Å². The molecule has 25 heavy (non-hydrogen) atoms. The van der Waals surface area contributed by atoms with Crippen molar-refractivity contribution in [2.75, 3.05) is 6.61 Å². The lowest BCUT2D eigenvalue weighted by molar-refractivity contribution is -0.137. The summed E-state index contributed by atoms with van der Waals surface area (Å²) in [7, 11) is -4.15. The maximum atomic E-state index is 10.9. The van der Waals surface area contributed by atoms with Crippen molar-refractivity contribution in [3.63, 3.8) is 0 Å². The van der Waals surface area contributed by atoms with Gasteiger partial charge in [-0.05, 0) is 37.1 Å². The molecule has 0 heterocycles. The SMILES string of the molecule is O=C(O)CCCCCCCCCCCOc1ccc(S(=O)(=O)O)cc1. The molecular weight excluding hydrogens is 344 g/mol. The quantitative estimate of drug-likeness (QED) is 0.373. The Labute approximate surface area is 150 Å². The molecule has 1 aromatic carbocycles. The fourth-order valence-electron chi connectivity index (χ4n) is 2.51. The van der Waals surface area contributed by atoms with E-state index in [1.807, 2.05) is 0 Å². The lowest BCUT2D eigenvalue weighted by Crippen LogP contribution is -2.00. The first kappa shape index (κ1) is 21.4. The Balaban J connectivity index is 1.96. The van der Waals surface area contributed by atoms with E-state index in [0.717, 1.165) is 44.9 Å². The Morgan fingerprint density at radius 1 is 0.840 bits per heavy atom. The van der Waals surface area contributed by atoms with Crippen molar-refractivity contribution in [2.45, 2.75) is 69.1 Å². The Bertz CT molecular complexity index is 594. The van der Waals surface area contributed by atoms with Crippen molar-refractivity contribution in [1.82, 2.24) is 0 Å². The van der Waals surface area contributed by atoms with Crippen LogP contribution in [-0.2, 0) is 14.9 Å². The van der Waals surface area contributed by atoms with E-state index < -0.39 is 16.1 Å². The topological polar surface area (TPSA) is 101 Å². The number of hydrogen-bond acceptors (Lipinski definition) is 4. The summed E-state index contributed by atoms with van der Waals surface area (Å²) in [6, 6.07) is 5.71. The number of ether oxygens (including phenoxy) is 1. The molecule has 142 valence electrons. The van der Waals surface area contributed by atoms with Gasteiger partial charge in [0, 0.05) is 6.42 Å². The van der Waals surface area contributed by atoms with Crippen molar-refractivity contribution < 1.29 is 27.6 Å². The zero-order valence-corrected chi connectivity index (χ0v) is 15.3. The number of carboxylic acid groups (broad SMARTS) is 1. The van der Waals surface area contributed by atoms with Gasteiger partial charge in [0.25, 0.3) is 10.1 Å². The second kappa shape index (κ2) is 11.9. The van der Waals surface area contributed by atoms with Crippen LogP contribution in [0.2, 0.25) is 0 Å². The predicted molar refractivity (Wildman–Crippen MR) is 95.6 cm³/mol. The van der Waals surface area contributed by atoms with E-state index in [0.29, 0.717) is 12.4 Å². The molecule has 0 aromatic heterocycles. The Morgan fingerprint density at radius 2 is 1.32 bits per heavy atom. The number of carbonyl (C=O) groups is 1. The molecule has 6 nitrogen and oxygen atoms in total. The van der Waals surface area contributed by atoms with Crippen LogP contribution in [0.4, 0.5) is 0 Å². The van der Waals surface area contributed by atoms with Gasteiger partial charge in [-0.2, -0.15) is 8.42 Å². The standard InChI is InChI=1S/C18H28O6S/c19-18(20)10-8-6-4-2-1-3-5-7-9-15-24-16-11-13-17(14-12-16)25(21,22)23/h11-14H,1-10,15H2,(H,19,20)(H,21,22,23). The van der Waals surface area contributed by atoms with Crippen LogP contribution in [0.25, 0.3) is 0 Å². The highest BCUT2D eigenvalue weighted by Gasteiger charge is 2.08. The molecule has 0 saturated heterocycles. The van der Waals surface area contributed by atoms with Crippen LogP contribution in [0.15, 0.2) is 29.2 Å². The van der Waals surface area contributed by atoms with Crippen LogP contribution in [0.1, 0.15) is 64.2 Å². The van der Waals surface area contributed by atoms with Crippen LogP contribution >= 0.6 is 0 Å². The summed E-state index contributed by atoms with van der Waals surface area (Å²) in [4.78, 5) is 10.2. The number of unbranched alkanes of at least 4 members (excludes halogenated alkanes) is 8. The zero-order valence-electron chi connectivity index (χ0n) is 14.5. The monoisotopic (exact) mass is 372 g/mol. The minimum atomic E-state index is -4.15. The average molecular weight is 372 g/mol. The Kier molecular flexibility index (Phi) is 10.2. The molecule has 1 aromatic rings. The molecular formula is C18H28O6S. The summed E-state index contributed by atoms with van der Waals surface area (Å²) in [5, 5.41) is 8.53. The van der Waals surface area contributed by atoms with Gasteiger partial charge in [-0.3, -0.25) is 9.35 Å². The van der Waals surface area contributed by atoms with E-state index in [1.54, 1.807) is 0 Å². The van der Waals surface area contributed by atoms with Gasteiger partial charge < -0.3 is 9.84 Å². The lowest BCUT2D eigenvalue weighted by Gasteiger charge is -2.06. The summed E-state index contributed by atoms with van der Waals surface area (Å²) in [6.07, 6.45) is 9.87. The van der Waals surface area contributed by atoms with Gasteiger partial charge in [-0.25, -0.2) is 0 Å². The zero-order chi connectivity index (χ0) is 18.5. The third-order valence-corrected chi connectivity index (χ3v) is 4.79. The molecule has 0 bridgehead atoms. The fraction of sp³-hybridized carbons (Fsp3) is 0.611. The second-order valence-electron chi connectivity index (χ2n) is 6.12. The smallest absolute Gasteiger partial charge is 0.303 e. The molecule has 0 atom stereocenters. The highest BCUT2D eigenvalue weighted by atomic mass is 32.2. The van der Waals surface area contributed by atoms with Gasteiger partial charge in [0.15, 0.2) is 0 Å². The Hall–Kier alpha value is -1.60. The van der Waals surface area contributed by atoms with Crippen LogP contribution in [0, 0.1) is 0 Å². The molecule has 0 aliphatic carbocycles. The normalized spacial score (nSPS) is 11.4. The van der Waals surface area contributed by atoms with Crippen molar-refractivity contribution in [1.29, 1.82) is 0 Å². The minimum Gasteiger partial charge on any atom is -0.494 e. The molecule has 0 fully saturated rings. The largest absolute Gasteiger partial charge is 0.494 e. The maximum absolute atomic E-state index is 10.9. The first-order valence-electron chi connectivity index (χ1n) is 8.82. The van der Waals surface area contributed by atoms with Crippen LogP contribution in [0.5, 0.6) is 5.75 Å². The predicted octanol–water partition coefficient (Wildman–Crippen LogP) is 4.30. The maximum Gasteiger partial charge on any atom is 0.303 e. The number of rotatable bonds is 14. The van der Waals surface area contributed by atoms with E-state index in [-0.39, 0.29) is 11.3 Å². The van der Waals surface area contributed by atoms with Gasteiger partial charge >= 0.3 is 5.97 Å². The fourth-order valence-corrected chi connectivity index (χ4v) is 2.99. The van der Waals surface area contributed by atoms with Crippen molar-refractivity contribution >= 4 is 16.1 Å². The molecule has 1 rings (SSSR count). The summed E-state index contributed by atoms with van der Waals surface area (Å²) in [6.45, 7) is 0.584. The highest BCUT2D eigenvalue weighted by Crippen LogP contribution is 2.16. The third kappa shape index (κ3) is 10.8. The molecule has 0 spiro atoms. The number of aliphatic carboxylic acids is 1. The minimum absolute atomic E-state index is 0.136. The first-order chi connectivity index (χ1) is 11.9. The third-order valence-electron chi connectivity index (χ3n) is 3.93. The molecule has 7 heteroatoms. The van der Waals surface area contributed by atoms with Crippen LogP contribution in [-0.4, -0.2) is 30.7 Å². The second-order valence-corrected chi connectivity index (χ2v) is 7.54. The van der Waals surface area contributed by atoms with Crippen LogP contribution in [0.3, 0.4) is 0 Å². The number of benzene rings is 1. The molecule has 0 aliphatic rings. The van der Waals surface area contributed by atoms with Gasteiger partial charge in [0.1, 0.15) is 5.75 Å². The molecule has 0 aliphatic heterocycles. The van der Waals surface area contributed by atoms with Gasteiger partial charge in [-0.15, -0.1) is 0 Å². The van der Waals surface area contributed by atoms with Crippen molar-refractivity contribution in [2.24, 2.45) is 0 Å². The summed E-state index contributed by atoms with van der Waals surface area (Å²) < 4.78 is 36.3. The van der Waals surface area contributed by atoms with E-state index in [2.05, 4.69) is 0 Å². The highest BCUT2D eigenvalue weighted by molar-refractivity contribution is 7.85. The first-order valence-corrected chi connectivity index (χ1v) is 10.3. The summed E-state index contributed by atoms with van der Waals surface area (Å²) in [5.74, 6) is -0.120. The summed E-state index contributed by atoms with van der Waals surface area (Å²) in [5.41, 5.74) is 0. The molecule has 2 N–H and O–H groups in total. The summed E-state index contributed by atoms with van der Waals surface area (Å²) >= 11 is 0. The number of carboxylic acids is 1. The molecule has 0 amide bonds. The van der Waals surface area contributed by atoms with Gasteiger partial charge in [-0.1, -0.05) is 44.9 Å². The number of hydrogen-bond donors (Lipinski definition) is 2. The van der Waals surface area contributed by atoms with E-state index in [1.165, 1.54) is 37.1 Å². The Morgan fingerprint density at radius 3 is 1.80 bits per heavy atom. The molecule has 0 unspecified atom stereocenters. The van der Waals surface area contributed by atoms with Crippen molar-refractivity contribution in [3.8, 4) is 5.75 Å². The van der Waals surface area contributed by atoms with Crippen molar-refractivity contribution in [3.05, 3.63) is 24.3 Å². The van der Waals surface area contributed by atoms with E-state index in [9.17, 15) is 13.2 Å². The van der Waals surface area contributed by atoms with Gasteiger partial charge in [0.05, 0.1) is 11.5 Å². The molecule has 0 saturated carbocycles. The van der Waals surface area contributed by atoms with Gasteiger partial charge in [0.2, 0.25) is 0 Å². The lowest BCUT2D eigenvalue weighted by atomic mass is 10.1. The van der Waals surface area contributed by atoms with E-state index in [4.69, 9.17) is 14.4 Å². The molecule has 0 radical (unpaired) electrons.